The van der Waals surface area contributed by atoms with Gasteiger partial charge in [0.15, 0.2) is 0 Å². The van der Waals surface area contributed by atoms with Crippen molar-refractivity contribution < 1.29 is 4.74 Å². The Balaban J connectivity index is 2.93. The van der Waals surface area contributed by atoms with Crippen molar-refractivity contribution in [2.24, 2.45) is 0 Å². The molecule has 0 bridgehead atoms. The Morgan fingerprint density at radius 3 is 2.79 bits per heavy atom. The monoisotopic (exact) mass is 253 g/mol. The quantitative estimate of drug-likeness (QED) is 0.789. The smallest absolute Gasteiger partial charge is 0.133 e. The molecule has 1 aromatic carbocycles. The van der Waals surface area contributed by atoms with Gasteiger partial charge in [-0.25, -0.2) is 0 Å². The molecule has 1 rings (SSSR count). The topological polar surface area (TPSA) is 9.23 Å². The molecule has 2 heteroatoms. The average Bonchev–Trinajstić information content (AvgIpc) is 2.20. The van der Waals surface area contributed by atoms with Crippen LogP contribution in [0.4, 0.5) is 0 Å². The van der Waals surface area contributed by atoms with Gasteiger partial charge in [-0.2, -0.15) is 0 Å². The van der Waals surface area contributed by atoms with Crippen molar-refractivity contribution in [2.45, 2.75) is 13.8 Å². The summed E-state index contributed by atoms with van der Waals surface area (Å²) in [5.74, 6) is 2.04. The molecule has 1 nitrogen and oxygen atoms in total. The predicted molar refractivity (Wildman–Crippen MR) is 63.5 cm³/mol. The summed E-state index contributed by atoms with van der Waals surface area (Å²) in [6, 6.07) is 6.05. The summed E-state index contributed by atoms with van der Waals surface area (Å²) in [6.07, 6.45) is 1.85. The van der Waals surface area contributed by atoms with Gasteiger partial charge in [-0.3, -0.25) is 0 Å². The standard InChI is InChI=1S/C12H14BrO/c1-4-9(3)10-6-7-12(14-5-2)11(13)8-10/h4,6-8H,1,5H2,2-3H3. The van der Waals surface area contributed by atoms with Crippen molar-refractivity contribution in [3.63, 3.8) is 0 Å². The fraction of sp³-hybridized carbons (Fsp3) is 0.250. The summed E-state index contributed by atoms with van der Waals surface area (Å²) in [4.78, 5) is 0. The highest BCUT2D eigenvalue weighted by atomic mass is 79.9. The average molecular weight is 254 g/mol. The molecule has 0 spiro atoms. The highest BCUT2D eigenvalue weighted by Crippen LogP contribution is 2.28. The lowest BCUT2D eigenvalue weighted by Gasteiger charge is -2.10. The van der Waals surface area contributed by atoms with Crippen LogP contribution in [0.2, 0.25) is 0 Å². The second-order valence-electron chi connectivity index (χ2n) is 2.97. The van der Waals surface area contributed by atoms with Crippen molar-refractivity contribution in [1.29, 1.82) is 0 Å². The molecule has 0 fully saturated rings. The minimum atomic E-state index is 0.683. The molecule has 0 aliphatic carbocycles. The maximum atomic E-state index is 5.42. The van der Waals surface area contributed by atoms with Crippen LogP contribution in [0.3, 0.4) is 0 Å². The molecule has 0 aliphatic heterocycles. The van der Waals surface area contributed by atoms with Gasteiger partial charge in [-0.1, -0.05) is 19.1 Å². The van der Waals surface area contributed by atoms with Crippen molar-refractivity contribution in [1.82, 2.24) is 0 Å². The van der Waals surface area contributed by atoms with Crippen LogP contribution >= 0.6 is 15.9 Å². The third kappa shape index (κ3) is 2.61. The Morgan fingerprint density at radius 2 is 2.29 bits per heavy atom. The van der Waals surface area contributed by atoms with Crippen LogP contribution in [0, 0.1) is 5.92 Å². The second kappa shape index (κ2) is 5.20. The van der Waals surface area contributed by atoms with Crippen molar-refractivity contribution in [3.8, 4) is 5.75 Å². The number of rotatable bonds is 4. The first kappa shape index (κ1) is 11.3. The molecule has 0 atom stereocenters. The number of hydrogen-bond acceptors (Lipinski definition) is 1. The van der Waals surface area contributed by atoms with E-state index in [9.17, 15) is 0 Å². The van der Waals surface area contributed by atoms with Gasteiger partial charge >= 0.3 is 0 Å². The molecule has 0 aromatic heterocycles. The van der Waals surface area contributed by atoms with Crippen LogP contribution in [0.25, 0.3) is 0 Å². The molecule has 1 aromatic rings. The second-order valence-corrected chi connectivity index (χ2v) is 3.82. The van der Waals surface area contributed by atoms with Crippen molar-refractivity contribution in [2.75, 3.05) is 6.61 Å². The third-order valence-electron chi connectivity index (χ3n) is 1.99. The van der Waals surface area contributed by atoms with Gasteiger partial charge in [0.2, 0.25) is 0 Å². The molecular formula is C12H14BrO. The Morgan fingerprint density at radius 1 is 1.57 bits per heavy atom. The maximum Gasteiger partial charge on any atom is 0.133 e. The van der Waals surface area contributed by atoms with Crippen LogP contribution in [-0.4, -0.2) is 6.61 Å². The lowest BCUT2D eigenvalue weighted by Crippen LogP contribution is -1.95. The summed E-state index contributed by atoms with van der Waals surface area (Å²) >= 11 is 3.47. The van der Waals surface area contributed by atoms with Gasteiger partial charge in [-0.05, 0) is 40.5 Å². The Kier molecular flexibility index (Phi) is 4.21. The minimum Gasteiger partial charge on any atom is -0.493 e. The molecule has 0 N–H and O–H groups in total. The fourth-order valence-corrected chi connectivity index (χ4v) is 1.63. The first-order valence-electron chi connectivity index (χ1n) is 4.57. The lowest BCUT2D eigenvalue weighted by atomic mass is 10.0. The van der Waals surface area contributed by atoms with E-state index in [-0.39, 0.29) is 0 Å². The summed E-state index contributed by atoms with van der Waals surface area (Å²) < 4.78 is 6.41. The van der Waals surface area contributed by atoms with E-state index in [1.54, 1.807) is 0 Å². The van der Waals surface area contributed by atoms with E-state index >= 15 is 0 Å². The van der Waals surface area contributed by atoms with E-state index in [1.807, 2.05) is 38.1 Å². The van der Waals surface area contributed by atoms with E-state index in [2.05, 4.69) is 22.5 Å². The van der Waals surface area contributed by atoms with Crippen molar-refractivity contribution >= 4 is 15.9 Å². The molecule has 0 saturated carbocycles. The minimum absolute atomic E-state index is 0.683. The van der Waals surface area contributed by atoms with Crippen LogP contribution in [-0.2, 0) is 0 Å². The van der Waals surface area contributed by atoms with Crippen LogP contribution in [0.5, 0.6) is 5.75 Å². The number of allylic oxidation sites excluding steroid dienone is 1. The number of benzene rings is 1. The van der Waals surface area contributed by atoms with E-state index in [1.165, 1.54) is 0 Å². The molecule has 14 heavy (non-hydrogen) atoms. The molecule has 0 heterocycles. The molecule has 1 radical (unpaired) electrons. The number of hydrogen-bond donors (Lipinski definition) is 0. The Hall–Kier alpha value is -0.760. The Labute approximate surface area is 93.9 Å². The highest BCUT2D eigenvalue weighted by Gasteiger charge is 2.05. The van der Waals surface area contributed by atoms with Crippen molar-refractivity contribution in [3.05, 3.63) is 46.8 Å². The van der Waals surface area contributed by atoms with Gasteiger partial charge in [0.1, 0.15) is 5.75 Å². The van der Waals surface area contributed by atoms with Gasteiger partial charge in [0, 0.05) is 5.92 Å². The first-order valence-corrected chi connectivity index (χ1v) is 5.37. The van der Waals surface area contributed by atoms with E-state index in [4.69, 9.17) is 4.74 Å². The van der Waals surface area contributed by atoms with E-state index < -0.39 is 0 Å². The normalized spacial score (nSPS) is 10.3. The third-order valence-corrected chi connectivity index (χ3v) is 2.61. The SMILES string of the molecule is C=C[C](C)c1ccc(OCC)c(Br)c1. The summed E-state index contributed by atoms with van der Waals surface area (Å²) in [5.41, 5.74) is 1.16. The zero-order valence-electron chi connectivity index (χ0n) is 8.51. The zero-order chi connectivity index (χ0) is 10.6. The Bertz CT molecular complexity index is 320. The summed E-state index contributed by atoms with van der Waals surface area (Å²) in [5, 5.41) is 0. The molecule has 0 unspecified atom stereocenters. The van der Waals surface area contributed by atoms with E-state index in [0.717, 1.165) is 21.7 Å². The van der Waals surface area contributed by atoms with Crippen LogP contribution in [0.15, 0.2) is 35.3 Å². The molecular weight excluding hydrogens is 240 g/mol. The highest BCUT2D eigenvalue weighted by molar-refractivity contribution is 9.10. The molecule has 0 aliphatic rings. The predicted octanol–water partition coefficient (Wildman–Crippen LogP) is 3.98. The maximum absolute atomic E-state index is 5.42. The molecule has 0 saturated heterocycles. The summed E-state index contributed by atoms with van der Waals surface area (Å²) in [7, 11) is 0. The zero-order valence-corrected chi connectivity index (χ0v) is 10.1. The lowest BCUT2D eigenvalue weighted by molar-refractivity contribution is 0.338. The fourth-order valence-electron chi connectivity index (χ4n) is 1.14. The van der Waals surface area contributed by atoms with Gasteiger partial charge in [0.05, 0.1) is 11.1 Å². The molecule has 0 amide bonds. The number of ether oxygens (including phenoxy) is 1. The van der Waals surface area contributed by atoms with Crippen LogP contribution < -0.4 is 4.74 Å². The van der Waals surface area contributed by atoms with Gasteiger partial charge in [-0.15, -0.1) is 6.58 Å². The summed E-state index contributed by atoms with van der Waals surface area (Å²) in [6.45, 7) is 8.43. The van der Waals surface area contributed by atoms with E-state index in [0.29, 0.717) is 6.61 Å². The molecule has 75 valence electrons. The van der Waals surface area contributed by atoms with Gasteiger partial charge < -0.3 is 4.74 Å². The number of halogens is 1. The van der Waals surface area contributed by atoms with Gasteiger partial charge in [0.25, 0.3) is 0 Å². The largest absolute Gasteiger partial charge is 0.493 e. The van der Waals surface area contributed by atoms with Crippen LogP contribution in [0.1, 0.15) is 19.4 Å². The first-order chi connectivity index (χ1) is 6.69.